The van der Waals surface area contributed by atoms with Crippen LogP contribution < -0.4 is 20.9 Å². The normalized spacial score (nSPS) is 14.5. The number of ether oxygens (including phenoxy) is 2. The van der Waals surface area contributed by atoms with Crippen LogP contribution in [0.25, 0.3) is 6.08 Å². The Bertz CT molecular complexity index is 1710. The smallest absolute Gasteiger partial charge is 0.267 e. The highest BCUT2D eigenvalue weighted by Crippen LogP contribution is 2.37. The third-order valence-electron chi connectivity index (χ3n) is 7.46. The highest BCUT2D eigenvalue weighted by molar-refractivity contribution is 5.95. The number of nitrogen functional groups attached to an aromatic ring is 2. The first-order valence-corrected chi connectivity index (χ1v) is 14.0. The number of hydrogen-bond donors (Lipinski definition) is 2. The molecule has 220 valence electrons. The quantitative estimate of drug-likeness (QED) is 0.277. The Balaban J connectivity index is 1.49. The van der Waals surface area contributed by atoms with E-state index in [1.54, 1.807) is 32.7 Å². The molecule has 0 bridgehead atoms. The van der Waals surface area contributed by atoms with Gasteiger partial charge in [0.05, 0.1) is 20.4 Å². The van der Waals surface area contributed by atoms with Crippen molar-refractivity contribution in [3.8, 4) is 11.5 Å². The maximum absolute atomic E-state index is 13.8. The number of aromatic nitrogens is 2. The Kier molecular flexibility index (Phi) is 8.16. The number of carbonyl (C=O) groups excluding carboxylic acids is 1. The molecule has 1 aliphatic rings. The molecule has 1 aromatic heterocycles. The second-order valence-electron chi connectivity index (χ2n) is 11.4. The van der Waals surface area contributed by atoms with Gasteiger partial charge in [0.1, 0.15) is 11.9 Å². The molecule has 4 N–H and O–H groups in total. The van der Waals surface area contributed by atoms with Crippen molar-refractivity contribution in [2.24, 2.45) is 5.10 Å². The lowest BCUT2D eigenvalue weighted by atomic mass is 9.85. The van der Waals surface area contributed by atoms with Crippen molar-refractivity contribution in [1.82, 2.24) is 15.0 Å². The minimum Gasteiger partial charge on any atom is -0.493 e. The molecule has 9 heteroatoms. The van der Waals surface area contributed by atoms with Crippen LogP contribution in [0.4, 0.5) is 11.8 Å². The first-order chi connectivity index (χ1) is 20.6. The molecule has 1 unspecified atom stereocenters. The summed E-state index contributed by atoms with van der Waals surface area (Å²) in [6, 6.07) is 19.8. The monoisotopic (exact) mass is 576 g/mol. The van der Waals surface area contributed by atoms with E-state index in [-0.39, 0.29) is 23.3 Å². The number of carbonyl (C=O) groups is 1. The lowest BCUT2D eigenvalue weighted by Gasteiger charge is -2.32. The zero-order valence-corrected chi connectivity index (χ0v) is 25.0. The van der Waals surface area contributed by atoms with E-state index in [2.05, 4.69) is 60.1 Å². The minimum atomic E-state index is -0.386. The van der Waals surface area contributed by atoms with E-state index in [0.717, 1.165) is 22.3 Å². The van der Waals surface area contributed by atoms with Gasteiger partial charge in [0.15, 0.2) is 11.5 Å². The standard InChI is InChI=1S/C34H36N6O3/c1-34(2,3)26-13-10-22(11-14-26)30-27-9-7-6-8-24(27)20-38-40(30)29(41)15-12-23-16-21(18-28(42-4)31(23)43-5)17-25-19-37-33(36)39-32(25)35/h6-16,18-20,30H,17H2,1-5H3,(H4,35,36,37,39). The molecule has 0 fully saturated rings. The van der Waals surface area contributed by atoms with Crippen LogP contribution in [0, 0.1) is 0 Å². The van der Waals surface area contributed by atoms with Gasteiger partial charge < -0.3 is 20.9 Å². The number of hydrogen-bond acceptors (Lipinski definition) is 8. The topological polar surface area (TPSA) is 129 Å². The minimum absolute atomic E-state index is 0.0145. The molecule has 1 aliphatic heterocycles. The SMILES string of the molecule is COc1cc(Cc2cnc(N)nc2N)cc(C=CC(=O)N2N=Cc3ccccc3C2c2ccc(C(C)(C)C)cc2)c1OC. The second-order valence-corrected chi connectivity index (χ2v) is 11.4. The average Bonchev–Trinajstić information content (AvgIpc) is 3.00. The van der Waals surface area contributed by atoms with Gasteiger partial charge >= 0.3 is 0 Å². The fourth-order valence-corrected chi connectivity index (χ4v) is 5.18. The van der Waals surface area contributed by atoms with Gasteiger partial charge in [-0.2, -0.15) is 10.1 Å². The summed E-state index contributed by atoms with van der Waals surface area (Å²) in [4.78, 5) is 21.9. The van der Waals surface area contributed by atoms with E-state index in [9.17, 15) is 4.79 Å². The van der Waals surface area contributed by atoms with Crippen LogP contribution in [-0.2, 0) is 16.6 Å². The third kappa shape index (κ3) is 6.21. The van der Waals surface area contributed by atoms with Crippen LogP contribution in [0.1, 0.15) is 65.8 Å². The fourth-order valence-electron chi connectivity index (χ4n) is 5.18. The molecule has 3 aromatic carbocycles. The molecule has 2 heterocycles. The van der Waals surface area contributed by atoms with Crippen LogP contribution in [0.3, 0.4) is 0 Å². The van der Waals surface area contributed by atoms with Gasteiger partial charge in [-0.05, 0) is 45.9 Å². The number of rotatable bonds is 7. The van der Waals surface area contributed by atoms with Crippen LogP contribution >= 0.6 is 0 Å². The first kappa shape index (κ1) is 29.3. The summed E-state index contributed by atoms with van der Waals surface area (Å²) >= 11 is 0. The van der Waals surface area contributed by atoms with E-state index in [4.69, 9.17) is 20.9 Å². The van der Waals surface area contributed by atoms with Gasteiger partial charge in [0, 0.05) is 35.4 Å². The molecular weight excluding hydrogens is 540 g/mol. The van der Waals surface area contributed by atoms with Gasteiger partial charge in [-0.15, -0.1) is 0 Å². The van der Waals surface area contributed by atoms with E-state index < -0.39 is 0 Å². The maximum Gasteiger partial charge on any atom is 0.267 e. The predicted octanol–water partition coefficient (Wildman–Crippen LogP) is 5.53. The summed E-state index contributed by atoms with van der Waals surface area (Å²) in [7, 11) is 3.13. The number of fused-ring (bicyclic) bond motifs is 1. The highest BCUT2D eigenvalue weighted by atomic mass is 16.5. The Labute approximate surface area is 251 Å². The summed E-state index contributed by atoms with van der Waals surface area (Å²) in [5, 5.41) is 6.11. The summed E-state index contributed by atoms with van der Waals surface area (Å²) in [6.45, 7) is 6.54. The van der Waals surface area contributed by atoms with Crippen molar-refractivity contribution in [3.63, 3.8) is 0 Å². The van der Waals surface area contributed by atoms with E-state index in [1.807, 2.05) is 36.4 Å². The third-order valence-corrected chi connectivity index (χ3v) is 7.46. The van der Waals surface area contributed by atoms with Crippen molar-refractivity contribution in [2.75, 3.05) is 25.7 Å². The van der Waals surface area contributed by atoms with E-state index >= 15 is 0 Å². The molecule has 5 rings (SSSR count). The van der Waals surface area contributed by atoms with Gasteiger partial charge in [0.2, 0.25) is 5.95 Å². The first-order valence-electron chi connectivity index (χ1n) is 14.0. The zero-order chi connectivity index (χ0) is 30.7. The molecule has 4 aromatic rings. The van der Waals surface area contributed by atoms with Crippen molar-refractivity contribution >= 4 is 30.0 Å². The molecule has 0 saturated heterocycles. The van der Waals surface area contributed by atoms with Gasteiger partial charge in [-0.1, -0.05) is 69.3 Å². The van der Waals surface area contributed by atoms with E-state index in [1.165, 1.54) is 16.6 Å². The molecule has 0 saturated carbocycles. The van der Waals surface area contributed by atoms with Crippen LogP contribution in [0.15, 0.2) is 78.0 Å². The Morgan fingerprint density at radius 2 is 1.77 bits per heavy atom. The molecule has 1 atom stereocenters. The molecule has 0 radical (unpaired) electrons. The van der Waals surface area contributed by atoms with Crippen molar-refractivity contribution in [3.05, 3.63) is 112 Å². The molecule has 43 heavy (non-hydrogen) atoms. The molecule has 9 nitrogen and oxygen atoms in total. The summed E-state index contributed by atoms with van der Waals surface area (Å²) < 4.78 is 11.3. The number of methoxy groups -OCH3 is 2. The number of amides is 1. The number of benzene rings is 3. The zero-order valence-electron chi connectivity index (χ0n) is 25.0. The predicted molar refractivity (Wildman–Crippen MR) is 170 cm³/mol. The number of nitrogens with two attached hydrogens (primary N) is 2. The Morgan fingerprint density at radius 1 is 1.02 bits per heavy atom. The van der Waals surface area contributed by atoms with Crippen molar-refractivity contribution in [2.45, 2.75) is 38.6 Å². The van der Waals surface area contributed by atoms with Gasteiger partial charge in [0.25, 0.3) is 5.91 Å². The highest BCUT2D eigenvalue weighted by Gasteiger charge is 2.30. The van der Waals surface area contributed by atoms with Crippen LogP contribution in [-0.4, -0.2) is 41.3 Å². The Hall–Kier alpha value is -5.18. The average molecular weight is 577 g/mol. The van der Waals surface area contributed by atoms with Crippen molar-refractivity contribution in [1.29, 1.82) is 0 Å². The lowest BCUT2D eigenvalue weighted by molar-refractivity contribution is -0.127. The summed E-state index contributed by atoms with van der Waals surface area (Å²) in [5.74, 6) is 1.15. The van der Waals surface area contributed by atoms with Crippen LogP contribution in [0.5, 0.6) is 11.5 Å². The molecule has 0 spiro atoms. The lowest BCUT2D eigenvalue weighted by Crippen LogP contribution is -2.33. The number of nitrogens with zero attached hydrogens (tertiary/aromatic N) is 4. The van der Waals surface area contributed by atoms with E-state index in [0.29, 0.717) is 34.9 Å². The van der Waals surface area contributed by atoms with Gasteiger partial charge in [-0.3, -0.25) is 4.79 Å². The Morgan fingerprint density at radius 3 is 2.44 bits per heavy atom. The fraction of sp³-hybridized carbons (Fsp3) is 0.235. The van der Waals surface area contributed by atoms with Gasteiger partial charge in [-0.25, -0.2) is 9.99 Å². The number of hydrazone groups is 1. The molecule has 1 amide bonds. The molecular formula is C34H36N6O3. The maximum atomic E-state index is 13.8. The summed E-state index contributed by atoms with van der Waals surface area (Å²) in [5.41, 5.74) is 18.2. The number of anilines is 2. The van der Waals surface area contributed by atoms with Crippen LogP contribution in [0.2, 0.25) is 0 Å². The molecule has 0 aliphatic carbocycles. The van der Waals surface area contributed by atoms with Crippen molar-refractivity contribution < 1.29 is 14.3 Å². The largest absolute Gasteiger partial charge is 0.493 e. The second kappa shape index (κ2) is 12.0. The summed E-state index contributed by atoms with van der Waals surface area (Å²) in [6.07, 6.45) is 6.98.